The van der Waals surface area contributed by atoms with Crippen molar-refractivity contribution in [1.82, 2.24) is 20.1 Å². The summed E-state index contributed by atoms with van der Waals surface area (Å²) in [6.07, 6.45) is 7.90. The Morgan fingerprint density at radius 1 is 1.44 bits per heavy atom. The van der Waals surface area contributed by atoms with Crippen molar-refractivity contribution in [2.45, 2.75) is 44.6 Å². The van der Waals surface area contributed by atoms with Crippen molar-refractivity contribution in [3.8, 4) is 0 Å². The van der Waals surface area contributed by atoms with Crippen molar-refractivity contribution in [2.75, 3.05) is 18.4 Å². The third-order valence-electron chi connectivity index (χ3n) is 5.55. The van der Waals surface area contributed by atoms with E-state index in [2.05, 4.69) is 25.4 Å². The largest absolute Gasteiger partial charge is 0.423 e. The van der Waals surface area contributed by atoms with Gasteiger partial charge in [-0.15, -0.1) is 10.2 Å². The molecule has 0 spiro atoms. The van der Waals surface area contributed by atoms with E-state index < -0.39 is 0 Å². The molecule has 2 fully saturated rings. The van der Waals surface area contributed by atoms with E-state index in [1.165, 1.54) is 6.42 Å². The Kier molecular flexibility index (Phi) is 4.25. The van der Waals surface area contributed by atoms with Gasteiger partial charge in [0, 0.05) is 25.6 Å². The number of aromatic nitrogens is 3. The van der Waals surface area contributed by atoms with E-state index in [0.717, 1.165) is 37.4 Å². The molecule has 0 unspecified atom stereocenters. The first-order valence-corrected chi connectivity index (χ1v) is 9.00. The molecule has 25 heavy (non-hydrogen) atoms. The summed E-state index contributed by atoms with van der Waals surface area (Å²) in [4.78, 5) is 18.6. The van der Waals surface area contributed by atoms with Gasteiger partial charge in [-0.05, 0) is 43.9 Å². The predicted molar refractivity (Wildman–Crippen MR) is 91.8 cm³/mol. The van der Waals surface area contributed by atoms with E-state index in [1.54, 1.807) is 12.4 Å². The Balaban J connectivity index is 1.42. The molecule has 7 nitrogen and oxygen atoms in total. The van der Waals surface area contributed by atoms with Gasteiger partial charge in [0.25, 0.3) is 0 Å². The quantitative estimate of drug-likeness (QED) is 0.868. The number of nitrogens with zero attached hydrogens (tertiary/aromatic N) is 4. The molecule has 3 heterocycles. The van der Waals surface area contributed by atoms with Crippen LogP contribution in [-0.4, -0.2) is 39.1 Å². The minimum atomic E-state index is -0.144. The Bertz CT molecular complexity index is 747. The summed E-state index contributed by atoms with van der Waals surface area (Å²) in [5.74, 6) is 2.01. The second-order valence-corrected chi connectivity index (χ2v) is 6.83. The molecule has 1 aliphatic carbocycles. The van der Waals surface area contributed by atoms with Crippen LogP contribution in [0.4, 0.5) is 5.69 Å². The lowest BCUT2D eigenvalue weighted by molar-refractivity contribution is -0.117. The van der Waals surface area contributed by atoms with E-state index >= 15 is 0 Å². The maximum absolute atomic E-state index is 12.2. The lowest BCUT2D eigenvalue weighted by atomic mass is 9.67. The summed E-state index contributed by atoms with van der Waals surface area (Å²) in [5, 5.41) is 11.4. The first-order chi connectivity index (χ1) is 12.2. The molecule has 2 aliphatic rings. The summed E-state index contributed by atoms with van der Waals surface area (Å²) in [7, 11) is 0. The van der Waals surface area contributed by atoms with Gasteiger partial charge in [-0.25, -0.2) is 0 Å². The molecule has 0 aromatic carbocycles. The third-order valence-corrected chi connectivity index (χ3v) is 5.55. The van der Waals surface area contributed by atoms with Gasteiger partial charge in [0.15, 0.2) is 0 Å². The lowest BCUT2D eigenvalue weighted by Gasteiger charge is -2.47. The zero-order valence-electron chi connectivity index (χ0n) is 14.4. The number of carbonyl (C=O) groups excluding carboxylic acids is 1. The number of hydrogen-bond acceptors (Lipinski definition) is 6. The van der Waals surface area contributed by atoms with Crippen LogP contribution in [0.5, 0.6) is 0 Å². The third kappa shape index (κ3) is 2.82. The van der Waals surface area contributed by atoms with Crippen LogP contribution in [0.1, 0.15) is 44.4 Å². The molecule has 2 atom stereocenters. The number of pyridine rings is 1. The Morgan fingerprint density at radius 3 is 3.04 bits per heavy atom. The molecule has 4 rings (SSSR count). The second kappa shape index (κ2) is 6.55. The number of hydrogen-bond donors (Lipinski definition) is 1. The lowest BCUT2D eigenvalue weighted by Crippen LogP contribution is -2.52. The van der Waals surface area contributed by atoms with Crippen molar-refractivity contribution in [3.05, 3.63) is 36.3 Å². The minimum absolute atomic E-state index is 0.00528. The molecule has 0 radical (unpaired) electrons. The second-order valence-electron chi connectivity index (χ2n) is 6.83. The summed E-state index contributed by atoms with van der Waals surface area (Å²) in [5.41, 5.74) is 0.587. The number of rotatable bonds is 6. The van der Waals surface area contributed by atoms with Gasteiger partial charge >= 0.3 is 0 Å². The van der Waals surface area contributed by atoms with E-state index in [0.29, 0.717) is 24.8 Å². The highest BCUT2D eigenvalue weighted by Gasteiger charge is 2.59. The van der Waals surface area contributed by atoms with Gasteiger partial charge in [0.1, 0.15) is 5.54 Å². The summed E-state index contributed by atoms with van der Waals surface area (Å²) < 4.78 is 5.90. The highest BCUT2D eigenvalue weighted by molar-refractivity contribution is 5.90. The number of amides is 1. The Hall–Kier alpha value is -2.28. The van der Waals surface area contributed by atoms with Crippen LogP contribution >= 0.6 is 0 Å². The number of fused-ring (bicyclic) bond motifs is 1. The zero-order valence-corrected chi connectivity index (χ0v) is 14.4. The molecule has 1 saturated carbocycles. The number of likely N-dealkylation sites (tertiary alicyclic amines) is 1. The van der Waals surface area contributed by atoms with Crippen LogP contribution in [0.25, 0.3) is 0 Å². The molecule has 7 heteroatoms. The first kappa shape index (κ1) is 16.2. The predicted octanol–water partition coefficient (Wildman–Crippen LogP) is 2.37. The monoisotopic (exact) mass is 341 g/mol. The van der Waals surface area contributed by atoms with Crippen LogP contribution < -0.4 is 5.32 Å². The van der Waals surface area contributed by atoms with Crippen LogP contribution in [0.2, 0.25) is 0 Å². The molecular weight excluding hydrogens is 318 g/mol. The Morgan fingerprint density at radius 2 is 2.36 bits per heavy atom. The van der Waals surface area contributed by atoms with E-state index in [1.807, 2.05) is 19.1 Å². The van der Waals surface area contributed by atoms with Crippen molar-refractivity contribution in [3.63, 3.8) is 0 Å². The number of carbonyl (C=O) groups is 1. The fraction of sp³-hybridized carbons (Fsp3) is 0.556. The minimum Gasteiger partial charge on any atom is -0.423 e. The summed E-state index contributed by atoms with van der Waals surface area (Å²) >= 11 is 0. The highest BCUT2D eigenvalue weighted by Crippen LogP contribution is 2.56. The fourth-order valence-electron chi connectivity index (χ4n) is 4.13. The molecule has 1 aliphatic heterocycles. The SMILES string of the molecule is CCc1nnc([C@]23CC[C@H]2CCN3CCC(=O)Nc2cccnc2)o1. The Labute approximate surface area is 146 Å². The van der Waals surface area contributed by atoms with Crippen LogP contribution in [0, 0.1) is 5.92 Å². The fourth-order valence-corrected chi connectivity index (χ4v) is 4.13. The van der Waals surface area contributed by atoms with E-state index in [4.69, 9.17) is 4.42 Å². The topological polar surface area (TPSA) is 84.2 Å². The van der Waals surface area contributed by atoms with E-state index in [9.17, 15) is 4.79 Å². The van der Waals surface area contributed by atoms with E-state index in [-0.39, 0.29) is 11.4 Å². The molecule has 1 saturated heterocycles. The standard InChI is InChI=1S/C18H23N5O2/c1-2-16-21-22-17(25-16)18-8-5-13(18)6-10-23(18)11-7-15(24)20-14-4-3-9-19-12-14/h3-4,9,12-13H,2,5-8,10-11H2,1H3,(H,20,24)/t13-,18-/m0/s1. The maximum atomic E-state index is 12.2. The van der Waals surface area contributed by atoms with Gasteiger partial charge < -0.3 is 9.73 Å². The van der Waals surface area contributed by atoms with Crippen LogP contribution in [0.3, 0.4) is 0 Å². The van der Waals surface area contributed by atoms with Crippen molar-refractivity contribution in [1.29, 1.82) is 0 Å². The molecule has 1 amide bonds. The number of nitrogens with one attached hydrogen (secondary N) is 1. The highest BCUT2D eigenvalue weighted by atomic mass is 16.4. The van der Waals surface area contributed by atoms with Gasteiger partial charge in [-0.2, -0.15) is 0 Å². The molecule has 2 aromatic rings. The molecule has 1 N–H and O–H groups in total. The van der Waals surface area contributed by atoms with Gasteiger partial charge in [-0.1, -0.05) is 6.92 Å². The molecule has 0 bridgehead atoms. The average molecular weight is 341 g/mol. The molecule has 2 aromatic heterocycles. The van der Waals surface area contributed by atoms with Gasteiger partial charge in [0.2, 0.25) is 17.7 Å². The molecular formula is C18H23N5O2. The summed E-state index contributed by atoms with van der Waals surface area (Å²) in [6.45, 7) is 3.70. The van der Waals surface area contributed by atoms with Crippen molar-refractivity contribution in [2.24, 2.45) is 5.92 Å². The van der Waals surface area contributed by atoms with Crippen molar-refractivity contribution >= 4 is 11.6 Å². The maximum Gasteiger partial charge on any atom is 0.237 e. The average Bonchev–Trinajstić information content (AvgIpc) is 3.17. The zero-order chi connectivity index (χ0) is 17.3. The van der Waals surface area contributed by atoms with Gasteiger partial charge in [0.05, 0.1) is 11.9 Å². The van der Waals surface area contributed by atoms with Crippen LogP contribution in [0.15, 0.2) is 28.9 Å². The van der Waals surface area contributed by atoms with Gasteiger partial charge in [-0.3, -0.25) is 14.7 Å². The normalized spacial score (nSPS) is 25.4. The number of anilines is 1. The smallest absolute Gasteiger partial charge is 0.237 e. The number of aryl methyl sites for hydroxylation is 1. The summed E-state index contributed by atoms with van der Waals surface area (Å²) in [6, 6.07) is 3.65. The van der Waals surface area contributed by atoms with Crippen LogP contribution in [-0.2, 0) is 16.8 Å². The first-order valence-electron chi connectivity index (χ1n) is 9.00. The molecule has 132 valence electrons. The van der Waals surface area contributed by atoms with Crippen molar-refractivity contribution < 1.29 is 9.21 Å².